The fourth-order valence-corrected chi connectivity index (χ4v) is 3.44. The number of carbonyl (C=O) groups is 1. The van der Waals surface area contributed by atoms with Gasteiger partial charge in [-0.15, -0.1) is 10.2 Å². The van der Waals surface area contributed by atoms with Crippen LogP contribution in [0.4, 0.5) is 9.93 Å². The molecule has 7 heteroatoms. The highest BCUT2D eigenvalue weighted by atomic mass is 32.1. The smallest absolute Gasteiger partial charge is 0.323 e. The topological polar surface area (TPSA) is 67.4 Å². The summed E-state index contributed by atoms with van der Waals surface area (Å²) in [5, 5.41) is 12.7. The molecule has 1 aromatic heterocycles. The predicted octanol–water partition coefficient (Wildman–Crippen LogP) is 3.08. The third-order valence-corrected chi connectivity index (χ3v) is 4.73. The van der Waals surface area contributed by atoms with Crippen molar-refractivity contribution in [3.05, 3.63) is 5.01 Å². The molecule has 2 heterocycles. The molecule has 6 nitrogen and oxygen atoms in total. The van der Waals surface area contributed by atoms with Crippen LogP contribution in [0.1, 0.15) is 51.0 Å². The minimum atomic E-state index is -0.111. The van der Waals surface area contributed by atoms with Gasteiger partial charge in [-0.1, -0.05) is 25.2 Å². The van der Waals surface area contributed by atoms with Gasteiger partial charge in [-0.3, -0.25) is 5.32 Å². The van der Waals surface area contributed by atoms with E-state index in [1.54, 1.807) is 4.90 Å². The summed E-state index contributed by atoms with van der Waals surface area (Å²) >= 11 is 1.48. The highest BCUT2D eigenvalue weighted by Crippen LogP contribution is 2.28. The van der Waals surface area contributed by atoms with Crippen LogP contribution in [0.25, 0.3) is 0 Å². The Bertz CT molecular complexity index is 462. The number of ether oxygens (including phenoxy) is 1. The van der Waals surface area contributed by atoms with Crippen molar-refractivity contribution in [1.82, 2.24) is 15.1 Å². The zero-order valence-electron chi connectivity index (χ0n) is 13.0. The first-order valence-electron chi connectivity index (χ1n) is 7.65. The average Bonchev–Trinajstić information content (AvgIpc) is 2.80. The second kappa shape index (κ2) is 7.70. The minimum absolute atomic E-state index is 0.0767. The molecule has 0 saturated carbocycles. The largest absolute Gasteiger partial charge is 0.377 e. The van der Waals surface area contributed by atoms with E-state index in [-0.39, 0.29) is 12.1 Å². The normalized spacial score (nSPS) is 19.6. The third kappa shape index (κ3) is 4.38. The predicted molar refractivity (Wildman–Crippen MR) is 83.9 cm³/mol. The summed E-state index contributed by atoms with van der Waals surface area (Å²) in [6.45, 7) is 8.32. The molecule has 1 aliphatic heterocycles. The number of amides is 2. The Labute approximate surface area is 129 Å². The molecule has 118 valence electrons. The molecule has 0 bridgehead atoms. The van der Waals surface area contributed by atoms with Gasteiger partial charge in [-0.25, -0.2) is 4.79 Å². The monoisotopic (exact) mass is 312 g/mol. The summed E-state index contributed by atoms with van der Waals surface area (Å²) in [5.41, 5.74) is 0. The van der Waals surface area contributed by atoms with Crippen LogP contribution in [0.3, 0.4) is 0 Å². The second-order valence-electron chi connectivity index (χ2n) is 5.37. The zero-order chi connectivity index (χ0) is 15.2. The standard InChI is InChI=1S/C14H24N4O2S/c1-4-11(5-2)12-16-17-13(21-12)15-14(19)18-7-6-8-20-10(3)9-18/h10-11H,4-9H2,1-3H3,(H,15,17,19)/t10-/m1/s1. The number of urea groups is 1. The Balaban J connectivity index is 1.96. The van der Waals surface area contributed by atoms with Gasteiger partial charge in [0.15, 0.2) is 0 Å². The van der Waals surface area contributed by atoms with Gasteiger partial charge in [0.05, 0.1) is 6.10 Å². The Morgan fingerprint density at radius 2 is 2.24 bits per heavy atom. The van der Waals surface area contributed by atoms with Crippen molar-refractivity contribution < 1.29 is 9.53 Å². The Kier molecular flexibility index (Phi) is 5.93. The summed E-state index contributed by atoms with van der Waals surface area (Å²) < 4.78 is 5.55. The molecule has 0 radical (unpaired) electrons. The molecule has 1 atom stereocenters. The molecule has 1 aliphatic rings. The first-order valence-corrected chi connectivity index (χ1v) is 8.46. The maximum absolute atomic E-state index is 12.3. The Morgan fingerprint density at radius 1 is 1.48 bits per heavy atom. The minimum Gasteiger partial charge on any atom is -0.377 e. The van der Waals surface area contributed by atoms with Gasteiger partial charge in [-0.05, 0) is 26.2 Å². The van der Waals surface area contributed by atoms with E-state index in [9.17, 15) is 4.79 Å². The lowest BCUT2D eigenvalue weighted by Crippen LogP contribution is -2.38. The number of hydrogen-bond acceptors (Lipinski definition) is 5. The molecule has 2 amide bonds. The first kappa shape index (κ1) is 16.2. The Morgan fingerprint density at radius 3 is 2.95 bits per heavy atom. The molecule has 21 heavy (non-hydrogen) atoms. The summed E-state index contributed by atoms with van der Waals surface area (Å²) in [7, 11) is 0. The lowest BCUT2D eigenvalue weighted by molar-refractivity contribution is 0.0718. The van der Waals surface area contributed by atoms with Crippen molar-refractivity contribution in [2.45, 2.75) is 52.1 Å². The van der Waals surface area contributed by atoms with E-state index >= 15 is 0 Å². The van der Waals surface area contributed by atoms with Crippen LogP contribution in [-0.2, 0) is 4.74 Å². The van der Waals surface area contributed by atoms with Crippen LogP contribution >= 0.6 is 11.3 Å². The molecule has 1 aromatic rings. The second-order valence-corrected chi connectivity index (χ2v) is 6.38. The van der Waals surface area contributed by atoms with Gasteiger partial charge in [0.2, 0.25) is 5.13 Å². The highest BCUT2D eigenvalue weighted by molar-refractivity contribution is 7.15. The molecule has 0 aromatic carbocycles. The van der Waals surface area contributed by atoms with E-state index in [4.69, 9.17) is 4.74 Å². The zero-order valence-corrected chi connectivity index (χ0v) is 13.8. The number of rotatable bonds is 4. The van der Waals surface area contributed by atoms with Crippen molar-refractivity contribution in [3.8, 4) is 0 Å². The van der Waals surface area contributed by atoms with Crippen molar-refractivity contribution in [2.75, 3.05) is 25.0 Å². The van der Waals surface area contributed by atoms with Gasteiger partial charge in [0.1, 0.15) is 5.01 Å². The molecule has 0 spiro atoms. The lowest BCUT2D eigenvalue weighted by atomic mass is 10.1. The van der Waals surface area contributed by atoms with Crippen LogP contribution in [0.2, 0.25) is 0 Å². The summed E-state index contributed by atoms with van der Waals surface area (Å²) in [4.78, 5) is 14.1. The van der Waals surface area contributed by atoms with E-state index in [0.717, 1.165) is 24.3 Å². The van der Waals surface area contributed by atoms with E-state index < -0.39 is 0 Å². The van der Waals surface area contributed by atoms with Gasteiger partial charge in [0.25, 0.3) is 0 Å². The van der Waals surface area contributed by atoms with Crippen molar-refractivity contribution in [1.29, 1.82) is 0 Å². The molecular formula is C14H24N4O2S. The quantitative estimate of drug-likeness (QED) is 0.927. The molecule has 2 rings (SSSR count). The fraction of sp³-hybridized carbons (Fsp3) is 0.786. The van der Waals surface area contributed by atoms with Crippen LogP contribution in [0.5, 0.6) is 0 Å². The van der Waals surface area contributed by atoms with Crippen LogP contribution in [0, 0.1) is 0 Å². The van der Waals surface area contributed by atoms with Gasteiger partial charge in [0, 0.05) is 25.6 Å². The van der Waals surface area contributed by atoms with Crippen molar-refractivity contribution in [3.63, 3.8) is 0 Å². The molecule has 1 saturated heterocycles. The summed E-state index contributed by atoms with van der Waals surface area (Å²) in [6.07, 6.45) is 3.03. The van der Waals surface area contributed by atoms with Gasteiger partial charge >= 0.3 is 6.03 Å². The number of anilines is 1. The number of carbonyl (C=O) groups excluding carboxylic acids is 1. The molecule has 1 fully saturated rings. The summed E-state index contributed by atoms with van der Waals surface area (Å²) in [5.74, 6) is 0.430. The van der Waals surface area contributed by atoms with Crippen molar-refractivity contribution in [2.24, 2.45) is 0 Å². The van der Waals surface area contributed by atoms with Crippen LogP contribution in [0.15, 0.2) is 0 Å². The van der Waals surface area contributed by atoms with E-state index in [1.165, 1.54) is 11.3 Å². The highest BCUT2D eigenvalue weighted by Gasteiger charge is 2.21. The van der Waals surface area contributed by atoms with E-state index in [0.29, 0.717) is 30.7 Å². The first-order chi connectivity index (χ1) is 10.1. The Hall–Kier alpha value is -1.21. The van der Waals surface area contributed by atoms with Crippen LogP contribution < -0.4 is 5.32 Å². The summed E-state index contributed by atoms with van der Waals surface area (Å²) in [6, 6.07) is -0.111. The number of aromatic nitrogens is 2. The van der Waals surface area contributed by atoms with Crippen LogP contribution in [-0.4, -0.2) is 46.9 Å². The number of hydrogen-bond donors (Lipinski definition) is 1. The molecule has 0 aliphatic carbocycles. The maximum atomic E-state index is 12.3. The van der Waals surface area contributed by atoms with Gasteiger partial charge < -0.3 is 9.64 Å². The maximum Gasteiger partial charge on any atom is 0.323 e. The number of nitrogens with zero attached hydrogens (tertiary/aromatic N) is 3. The molecular weight excluding hydrogens is 288 g/mol. The SMILES string of the molecule is CCC(CC)c1nnc(NC(=O)N2CCCO[C@H](C)C2)s1. The van der Waals surface area contributed by atoms with E-state index in [1.807, 2.05) is 6.92 Å². The van der Waals surface area contributed by atoms with Crippen molar-refractivity contribution >= 4 is 22.5 Å². The number of nitrogens with one attached hydrogen (secondary N) is 1. The van der Waals surface area contributed by atoms with E-state index in [2.05, 4.69) is 29.4 Å². The average molecular weight is 312 g/mol. The molecule has 1 N–H and O–H groups in total. The molecule has 0 unspecified atom stereocenters. The fourth-order valence-electron chi connectivity index (χ4n) is 2.44. The lowest BCUT2D eigenvalue weighted by Gasteiger charge is -2.21. The van der Waals surface area contributed by atoms with Gasteiger partial charge in [-0.2, -0.15) is 0 Å². The third-order valence-electron chi connectivity index (χ3n) is 3.73.